The zero-order valence-electron chi connectivity index (χ0n) is 28.9. The summed E-state index contributed by atoms with van der Waals surface area (Å²) in [4.78, 5) is 2.39. The van der Waals surface area contributed by atoms with Gasteiger partial charge in [-0.25, -0.2) is 0 Å². The summed E-state index contributed by atoms with van der Waals surface area (Å²) in [6.45, 7) is 7.17. The largest absolute Gasteiger partial charge is 0.394 e. The average Bonchev–Trinajstić information content (AvgIpc) is 3.00. The zero-order valence-corrected chi connectivity index (χ0v) is 28.9. The molecule has 0 radical (unpaired) electrons. The van der Waals surface area contributed by atoms with E-state index in [0.717, 1.165) is 13.1 Å². The third kappa shape index (κ3) is 33.9. The van der Waals surface area contributed by atoms with Gasteiger partial charge in [0.25, 0.3) is 0 Å². The number of unbranched alkanes of at least 4 members (excludes halogenated alkanes) is 24. The van der Waals surface area contributed by atoms with Crippen LogP contribution in [0.3, 0.4) is 0 Å². The molecule has 0 saturated carbocycles. The first-order valence-corrected chi connectivity index (χ1v) is 19.1. The topological polar surface area (TPSA) is 43.7 Å². The lowest BCUT2D eigenvalue weighted by Gasteiger charge is -2.24. The minimum atomic E-state index is -0.603. The number of nitrogens with zero attached hydrogens (tertiary/aromatic N) is 1. The Hall–Kier alpha value is -0.640. The van der Waals surface area contributed by atoms with Gasteiger partial charge >= 0.3 is 0 Å². The van der Waals surface area contributed by atoms with Crippen LogP contribution in [0.5, 0.6) is 0 Å². The lowest BCUT2D eigenvalue weighted by atomic mass is 10.1. The monoisotopic (exact) mass is 592 g/mol. The van der Waals surface area contributed by atoms with Crippen molar-refractivity contribution in [2.24, 2.45) is 0 Å². The Bertz CT molecular complexity index is 505. The van der Waals surface area contributed by atoms with Gasteiger partial charge in [-0.2, -0.15) is 0 Å². The van der Waals surface area contributed by atoms with E-state index >= 15 is 0 Å². The first-order chi connectivity index (χ1) is 20.7. The molecule has 0 aromatic carbocycles. The number of rotatable bonds is 35. The second-order valence-electron chi connectivity index (χ2n) is 13.0. The third-order valence-corrected chi connectivity index (χ3v) is 8.65. The molecule has 0 aliphatic heterocycles. The van der Waals surface area contributed by atoms with Crippen LogP contribution in [0.4, 0.5) is 0 Å². The second kappa shape index (κ2) is 36.6. The van der Waals surface area contributed by atoms with Crippen molar-refractivity contribution in [3.8, 4) is 0 Å². The van der Waals surface area contributed by atoms with E-state index in [-0.39, 0.29) is 6.61 Å². The van der Waals surface area contributed by atoms with Crippen molar-refractivity contribution in [3.63, 3.8) is 0 Å². The van der Waals surface area contributed by atoms with Gasteiger partial charge in [-0.1, -0.05) is 154 Å². The summed E-state index contributed by atoms with van der Waals surface area (Å²) in [6, 6.07) is 0. The highest BCUT2D eigenvalue weighted by atomic mass is 16.3. The van der Waals surface area contributed by atoms with Crippen LogP contribution in [0.1, 0.15) is 194 Å². The molecule has 0 aromatic heterocycles. The van der Waals surface area contributed by atoms with E-state index in [1.807, 2.05) is 0 Å². The normalized spacial score (nSPS) is 12.9. The molecule has 0 saturated heterocycles. The first-order valence-electron chi connectivity index (χ1n) is 19.1. The Morgan fingerprint density at radius 1 is 0.429 bits per heavy atom. The molecule has 2 N–H and O–H groups in total. The summed E-state index contributed by atoms with van der Waals surface area (Å²) >= 11 is 0. The second-order valence-corrected chi connectivity index (χ2v) is 13.0. The summed E-state index contributed by atoms with van der Waals surface area (Å²) in [6.07, 6.45) is 46.4. The van der Waals surface area contributed by atoms with E-state index in [0.29, 0.717) is 6.54 Å². The summed E-state index contributed by atoms with van der Waals surface area (Å²) in [5, 5.41) is 19.3. The predicted molar refractivity (Wildman–Crippen MR) is 188 cm³/mol. The Morgan fingerprint density at radius 3 is 1.02 bits per heavy atom. The smallest absolute Gasteiger partial charge is 0.0897 e. The molecule has 250 valence electrons. The molecule has 42 heavy (non-hydrogen) atoms. The maximum Gasteiger partial charge on any atom is 0.0897 e. The molecule has 0 heterocycles. The zero-order chi connectivity index (χ0) is 30.6. The lowest BCUT2D eigenvalue weighted by molar-refractivity contribution is 0.0579. The standard InChI is InChI=1S/C39H77NO2/c1-3-5-7-9-11-13-15-17-19-21-23-25-27-29-31-33-35-40(37-39(42)38-41)36-34-32-30-28-26-24-22-20-18-16-14-12-10-8-6-4-2/h17-20,39,41-42H,3-16,21-38H2,1-2H3. The van der Waals surface area contributed by atoms with Crippen molar-refractivity contribution in [3.05, 3.63) is 24.3 Å². The van der Waals surface area contributed by atoms with Crippen molar-refractivity contribution >= 4 is 0 Å². The van der Waals surface area contributed by atoms with Crippen LogP contribution in [0.25, 0.3) is 0 Å². The van der Waals surface area contributed by atoms with E-state index in [1.54, 1.807) is 0 Å². The molecular weight excluding hydrogens is 514 g/mol. The van der Waals surface area contributed by atoms with E-state index in [4.69, 9.17) is 0 Å². The molecule has 1 atom stereocenters. The van der Waals surface area contributed by atoms with Gasteiger partial charge in [0.2, 0.25) is 0 Å². The van der Waals surface area contributed by atoms with Crippen LogP contribution in [0.2, 0.25) is 0 Å². The van der Waals surface area contributed by atoms with Crippen LogP contribution < -0.4 is 0 Å². The van der Waals surface area contributed by atoms with Gasteiger partial charge in [-0.3, -0.25) is 0 Å². The van der Waals surface area contributed by atoms with E-state index < -0.39 is 6.10 Å². The average molecular weight is 592 g/mol. The van der Waals surface area contributed by atoms with Crippen LogP contribution >= 0.6 is 0 Å². The maximum atomic E-state index is 10.00. The summed E-state index contributed by atoms with van der Waals surface area (Å²) in [7, 11) is 0. The van der Waals surface area contributed by atoms with Crippen molar-refractivity contribution in [2.75, 3.05) is 26.2 Å². The van der Waals surface area contributed by atoms with Crippen molar-refractivity contribution in [2.45, 2.75) is 200 Å². The summed E-state index contributed by atoms with van der Waals surface area (Å²) < 4.78 is 0. The van der Waals surface area contributed by atoms with Crippen molar-refractivity contribution in [1.82, 2.24) is 4.90 Å². The van der Waals surface area contributed by atoms with E-state index in [1.165, 1.54) is 180 Å². The third-order valence-electron chi connectivity index (χ3n) is 8.65. The van der Waals surface area contributed by atoms with Gasteiger partial charge < -0.3 is 15.1 Å². The predicted octanol–water partition coefficient (Wildman–Crippen LogP) is 11.7. The Kier molecular flexibility index (Phi) is 36.0. The highest BCUT2D eigenvalue weighted by Crippen LogP contribution is 2.13. The van der Waals surface area contributed by atoms with Gasteiger partial charge in [-0.15, -0.1) is 0 Å². The maximum absolute atomic E-state index is 10.00. The molecule has 0 aromatic rings. The van der Waals surface area contributed by atoms with E-state index in [2.05, 4.69) is 43.1 Å². The van der Waals surface area contributed by atoms with Crippen LogP contribution in [0, 0.1) is 0 Å². The minimum Gasteiger partial charge on any atom is -0.394 e. The molecular formula is C39H77NO2. The number of aliphatic hydroxyl groups excluding tert-OH is 2. The van der Waals surface area contributed by atoms with Crippen molar-refractivity contribution < 1.29 is 10.2 Å². The van der Waals surface area contributed by atoms with Gasteiger partial charge in [0, 0.05) is 6.54 Å². The number of allylic oxidation sites excluding steroid dienone is 4. The molecule has 1 unspecified atom stereocenters. The van der Waals surface area contributed by atoms with Crippen LogP contribution in [-0.4, -0.2) is 47.5 Å². The lowest BCUT2D eigenvalue weighted by Crippen LogP contribution is -2.35. The Morgan fingerprint density at radius 2 is 0.714 bits per heavy atom. The summed E-state index contributed by atoms with van der Waals surface area (Å²) in [5.41, 5.74) is 0. The highest BCUT2D eigenvalue weighted by molar-refractivity contribution is 4.82. The summed E-state index contributed by atoms with van der Waals surface area (Å²) in [5.74, 6) is 0. The van der Waals surface area contributed by atoms with E-state index in [9.17, 15) is 10.2 Å². The molecule has 0 rings (SSSR count). The van der Waals surface area contributed by atoms with Crippen LogP contribution in [0.15, 0.2) is 24.3 Å². The molecule has 3 nitrogen and oxygen atoms in total. The van der Waals surface area contributed by atoms with Crippen molar-refractivity contribution in [1.29, 1.82) is 0 Å². The molecule has 3 heteroatoms. The van der Waals surface area contributed by atoms with Crippen LogP contribution in [-0.2, 0) is 0 Å². The SMILES string of the molecule is CCCCCCCCC=CCCCCCCCCN(CCCCCCCCC=CCCCCCCCC)CC(O)CO. The Labute approximate surface area is 265 Å². The molecule has 0 bridgehead atoms. The number of hydrogen-bond acceptors (Lipinski definition) is 3. The Balaban J connectivity index is 3.65. The number of hydrogen-bond donors (Lipinski definition) is 2. The van der Waals surface area contributed by atoms with Gasteiger partial charge in [-0.05, 0) is 77.3 Å². The number of aliphatic hydroxyl groups is 2. The molecule has 0 aliphatic carbocycles. The fourth-order valence-corrected chi connectivity index (χ4v) is 5.82. The molecule has 0 amide bonds. The fraction of sp³-hybridized carbons (Fsp3) is 0.897. The van der Waals surface area contributed by atoms with Gasteiger partial charge in [0.05, 0.1) is 12.7 Å². The van der Waals surface area contributed by atoms with Gasteiger partial charge in [0.15, 0.2) is 0 Å². The highest BCUT2D eigenvalue weighted by Gasteiger charge is 2.10. The quantitative estimate of drug-likeness (QED) is 0.0569. The first kappa shape index (κ1) is 41.4. The fourth-order valence-electron chi connectivity index (χ4n) is 5.82. The van der Waals surface area contributed by atoms with Gasteiger partial charge in [0.1, 0.15) is 0 Å². The molecule has 0 fully saturated rings. The molecule has 0 aliphatic rings. The minimum absolute atomic E-state index is 0.128. The molecule has 0 spiro atoms.